The summed E-state index contributed by atoms with van der Waals surface area (Å²) < 4.78 is 18.7. The average molecular weight is 336 g/mol. The fourth-order valence-electron chi connectivity index (χ4n) is 2.26. The van der Waals surface area contributed by atoms with Gasteiger partial charge >= 0.3 is 5.97 Å². The van der Waals surface area contributed by atoms with Crippen LogP contribution < -0.4 is 10.1 Å². The van der Waals surface area contributed by atoms with E-state index < -0.39 is 35.7 Å². The van der Waals surface area contributed by atoms with Gasteiger partial charge in [0.15, 0.2) is 11.6 Å². The molecule has 1 aromatic rings. The molecule has 4 rings (SSSR count). The van der Waals surface area contributed by atoms with Gasteiger partial charge in [-0.05, 0) is 19.1 Å². The van der Waals surface area contributed by atoms with E-state index in [1.807, 2.05) is 24.3 Å². The van der Waals surface area contributed by atoms with Crippen LogP contribution in [0.1, 0.15) is 13.8 Å². The third-order valence-electron chi connectivity index (χ3n) is 3.76. The first-order chi connectivity index (χ1) is 11.2. The highest BCUT2D eigenvalue weighted by atomic mass is 19.1. The van der Waals surface area contributed by atoms with Gasteiger partial charge in [-0.15, -0.1) is 6.58 Å². The Balaban J connectivity index is 0.000000242. The molecule has 7 nitrogen and oxygen atoms in total. The number of alkyl halides is 1. The van der Waals surface area contributed by atoms with Crippen molar-refractivity contribution in [1.82, 2.24) is 10.2 Å². The molecule has 2 amide bonds. The number of amides is 2. The monoisotopic (exact) mass is 336 g/mol. The summed E-state index contributed by atoms with van der Waals surface area (Å²) in [5.41, 5.74) is -1.81. The van der Waals surface area contributed by atoms with Gasteiger partial charge < -0.3 is 15.2 Å². The number of aliphatic carboxylic acids is 1. The van der Waals surface area contributed by atoms with Gasteiger partial charge in [0, 0.05) is 13.0 Å². The highest BCUT2D eigenvalue weighted by Crippen LogP contribution is 2.33. The van der Waals surface area contributed by atoms with Crippen LogP contribution in [0.15, 0.2) is 36.9 Å². The molecular weight excluding hydrogens is 319 g/mol. The fraction of sp³-hybridized carbons (Fsp3) is 0.312. The lowest BCUT2D eigenvalue weighted by molar-refractivity contribution is -0.182. The van der Waals surface area contributed by atoms with Crippen LogP contribution >= 0.6 is 0 Å². The highest BCUT2D eigenvalue weighted by Gasteiger charge is 2.57. The van der Waals surface area contributed by atoms with Gasteiger partial charge in [-0.25, -0.2) is 9.18 Å². The van der Waals surface area contributed by atoms with E-state index in [2.05, 4.69) is 11.9 Å². The van der Waals surface area contributed by atoms with Crippen LogP contribution in [0.5, 0.6) is 11.5 Å². The van der Waals surface area contributed by atoms with Crippen LogP contribution in [0, 0.1) is 0 Å². The van der Waals surface area contributed by atoms with Crippen molar-refractivity contribution in [1.29, 1.82) is 0 Å². The summed E-state index contributed by atoms with van der Waals surface area (Å²) in [4.78, 5) is 33.8. The Morgan fingerprint density at radius 2 is 2.00 bits per heavy atom. The molecule has 0 aliphatic carbocycles. The summed E-state index contributed by atoms with van der Waals surface area (Å²) in [6.07, 6.45) is -0.894. The molecule has 0 aromatic heterocycles. The van der Waals surface area contributed by atoms with E-state index >= 15 is 0 Å². The Kier molecular flexibility index (Phi) is 4.59. The topological polar surface area (TPSA) is 95.9 Å². The number of β-lactam (4-membered cyclic amide) rings is 1. The normalized spacial score (nSPS) is 22.5. The van der Waals surface area contributed by atoms with Crippen LogP contribution in [0.25, 0.3) is 0 Å². The lowest BCUT2D eigenvalue weighted by Crippen LogP contribution is -2.75. The number of nitrogens with one attached hydrogen (secondary N) is 1. The first kappa shape index (κ1) is 17.5. The number of nitrogens with zero attached hydrogens (tertiary/aromatic N) is 1. The van der Waals surface area contributed by atoms with Crippen molar-refractivity contribution in [2.75, 3.05) is 0 Å². The van der Waals surface area contributed by atoms with Crippen LogP contribution in [0.4, 0.5) is 4.39 Å². The van der Waals surface area contributed by atoms with Crippen LogP contribution in [0.3, 0.4) is 0 Å². The van der Waals surface area contributed by atoms with Crippen molar-refractivity contribution in [3.8, 4) is 11.5 Å². The molecule has 2 bridgehead atoms. The Labute approximate surface area is 137 Å². The van der Waals surface area contributed by atoms with Crippen molar-refractivity contribution < 1.29 is 28.6 Å². The molecule has 1 aromatic carbocycles. The minimum Gasteiger partial charge on any atom is -0.479 e. The van der Waals surface area contributed by atoms with Gasteiger partial charge in [0.25, 0.3) is 5.91 Å². The summed E-state index contributed by atoms with van der Waals surface area (Å²) >= 11 is 0. The third kappa shape index (κ3) is 2.94. The minimum absolute atomic E-state index is 0.545. The molecule has 2 N–H and O–H groups in total. The molecule has 8 heteroatoms. The Morgan fingerprint density at radius 3 is 2.25 bits per heavy atom. The summed E-state index contributed by atoms with van der Waals surface area (Å²) in [6, 6.07) is 6.54. The van der Waals surface area contributed by atoms with E-state index in [1.54, 1.807) is 0 Å². The van der Waals surface area contributed by atoms with Gasteiger partial charge in [-0.2, -0.15) is 0 Å². The maximum absolute atomic E-state index is 13.7. The zero-order chi connectivity index (χ0) is 18.1. The fourth-order valence-corrected chi connectivity index (χ4v) is 2.26. The van der Waals surface area contributed by atoms with E-state index in [0.29, 0.717) is 4.90 Å². The smallest absolute Gasteiger partial charge is 0.333 e. The molecule has 0 saturated carbocycles. The van der Waals surface area contributed by atoms with Crippen molar-refractivity contribution >= 4 is 17.8 Å². The Morgan fingerprint density at radius 1 is 1.46 bits per heavy atom. The van der Waals surface area contributed by atoms with Gasteiger partial charge in [-0.1, -0.05) is 12.1 Å². The number of carboxylic acid groups (broad SMARTS) is 1. The molecular formula is C16H17FN2O5. The van der Waals surface area contributed by atoms with Gasteiger partial charge in [0.1, 0.15) is 11.5 Å². The second-order valence-corrected chi connectivity index (χ2v) is 5.49. The third-order valence-corrected chi connectivity index (χ3v) is 3.76. The number of fused-ring (bicyclic) bond motifs is 2. The number of benzene rings is 1. The minimum atomic E-state index is -1.87. The van der Waals surface area contributed by atoms with E-state index in [9.17, 15) is 18.8 Å². The molecule has 0 spiro atoms. The largest absolute Gasteiger partial charge is 0.479 e. The Bertz CT molecular complexity index is 683. The molecule has 3 unspecified atom stereocenters. The maximum atomic E-state index is 13.7. The predicted molar refractivity (Wildman–Crippen MR) is 82.1 cm³/mol. The molecule has 0 radical (unpaired) electrons. The van der Waals surface area contributed by atoms with Gasteiger partial charge in [-0.3, -0.25) is 14.5 Å². The van der Waals surface area contributed by atoms with Crippen LogP contribution in [-0.2, 0) is 14.4 Å². The van der Waals surface area contributed by atoms with E-state index in [-0.39, 0.29) is 0 Å². The van der Waals surface area contributed by atoms with Gasteiger partial charge in [0.2, 0.25) is 12.2 Å². The van der Waals surface area contributed by atoms with Crippen molar-refractivity contribution in [3.05, 3.63) is 36.9 Å². The molecule has 128 valence electrons. The SMILES string of the molecule is C=CC(C)(C(=O)O)N1C(=O)C(NC(C)=O)C1F.c1cc2cc(c1)O2. The summed E-state index contributed by atoms with van der Waals surface area (Å²) in [7, 11) is 0. The zero-order valence-corrected chi connectivity index (χ0v) is 13.2. The molecule has 24 heavy (non-hydrogen) atoms. The number of carbonyl (C=O) groups is 3. The highest BCUT2D eigenvalue weighted by molar-refractivity contribution is 5.97. The number of ether oxygens (including phenoxy) is 1. The number of hydrogen-bond acceptors (Lipinski definition) is 4. The predicted octanol–water partition coefficient (Wildman–Crippen LogP) is 1.45. The summed E-state index contributed by atoms with van der Waals surface area (Å²) in [6.45, 7) is 5.59. The number of halogens is 1. The average Bonchev–Trinajstić information content (AvgIpc) is 2.53. The van der Waals surface area contributed by atoms with Crippen molar-refractivity contribution in [2.24, 2.45) is 0 Å². The lowest BCUT2D eigenvalue weighted by atomic mass is 9.92. The molecule has 3 atom stereocenters. The first-order valence-electron chi connectivity index (χ1n) is 7.10. The molecule has 3 aliphatic rings. The van der Waals surface area contributed by atoms with Crippen LogP contribution in [0.2, 0.25) is 0 Å². The van der Waals surface area contributed by atoms with Crippen molar-refractivity contribution in [3.63, 3.8) is 0 Å². The standard InChI is InChI=1S/C10H13FN2O4.C6H4O/c1-4-10(3,9(16)17)13-7(11)6(8(13)15)12-5(2)14;1-2-5-4-6(3-1)7-5/h4,6-7H,1H2,2-3H3,(H,12,14)(H,16,17);1-4H. The molecule has 3 aliphatic heterocycles. The van der Waals surface area contributed by atoms with Crippen molar-refractivity contribution in [2.45, 2.75) is 31.7 Å². The maximum Gasteiger partial charge on any atom is 0.333 e. The Hall–Kier alpha value is -2.90. The molecule has 3 heterocycles. The first-order valence-corrected chi connectivity index (χ1v) is 7.10. The number of hydrogen-bond donors (Lipinski definition) is 2. The lowest BCUT2D eigenvalue weighted by Gasteiger charge is -2.48. The van der Waals surface area contributed by atoms with E-state index in [4.69, 9.17) is 9.84 Å². The quantitative estimate of drug-likeness (QED) is 0.500. The molecule has 1 fully saturated rings. The number of likely N-dealkylation sites (tertiary alicyclic amines) is 1. The van der Waals surface area contributed by atoms with Gasteiger partial charge in [0.05, 0.1) is 0 Å². The summed E-state index contributed by atoms with van der Waals surface area (Å²) in [5.74, 6) is -0.751. The summed E-state index contributed by atoms with van der Waals surface area (Å²) in [5, 5.41) is 11.1. The van der Waals surface area contributed by atoms with E-state index in [1.165, 1.54) is 0 Å². The number of carbonyl (C=O) groups excluding carboxylic acids is 2. The second-order valence-electron chi connectivity index (χ2n) is 5.49. The zero-order valence-electron chi connectivity index (χ0n) is 13.2. The van der Waals surface area contributed by atoms with Crippen LogP contribution in [-0.4, -0.2) is 45.7 Å². The van der Waals surface area contributed by atoms with E-state index in [0.717, 1.165) is 31.4 Å². The molecule has 1 saturated heterocycles. The number of carboxylic acids is 1. The second kappa shape index (κ2) is 6.31. The number of rotatable bonds is 4.